The van der Waals surface area contributed by atoms with Crippen LogP contribution in [0.4, 0.5) is 11.8 Å². The van der Waals surface area contributed by atoms with Crippen molar-refractivity contribution in [3.63, 3.8) is 0 Å². The Bertz CT molecular complexity index is 2310. The maximum absolute atomic E-state index is 14.1. The van der Waals surface area contributed by atoms with Crippen molar-refractivity contribution in [3.05, 3.63) is 160 Å². The van der Waals surface area contributed by atoms with Crippen LogP contribution in [-0.2, 0) is 18.9 Å². The average molecular weight is 743 g/mol. The molecule has 6 aromatic rings. The van der Waals surface area contributed by atoms with Crippen LogP contribution in [0.25, 0.3) is 11.2 Å². The van der Waals surface area contributed by atoms with Crippen LogP contribution in [-0.4, -0.2) is 80.2 Å². The smallest absolute Gasteiger partial charge is 0.459 e. The van der Waals surface area contributed by atoms with Crippen LogP contribution in [0.1, 0.15) is 47.7 Å². The van der Waals surface area contributed by atoms with Gasteiger partial charge < -0.3 is 29.1 Å². The van der Waals surface area contributed by atoms with Gasteiger partial charge in [0.05, 0.1) is 11.1 Å². The number of fused-ring (bicyclic) bond motifs is 1. The predicted octanol–water partition coefficient (Wildman–Crippen LogP) is 5.22. The number of methoxy groups -OCH3 is 1. The van der Waals surface area contributed by atoms with Gasteiger partial charge >= 0.3 is 17.9 Å². The van der Waals surface area contributed by atoms with Gasteiger partial charge in [0.1, 0.15) is 25.1 Å². The number of hydrogen-bond acceptors (Lipinski definition) is 13. The number of aromatic nitrogens is 4. The van der Waals surface area contributed by atoms with E-state index in [9.17, 15) is 29.3 Å². The fraction of sp³-hybridized carbons (Fsp3) is 0.154. The maximum atomic E-state index is 14.1. The summed E-state index contributed by atoms with van der Waals surface area (Å²) < 4.78 is 25.0. The molecule has 1 aliphatic heterocycles. The van der Waals surface area contributed by atoms with Crippen molar-refractivity contribution in [3.8, 4) is 0 Å². The molecule has 16 heteroatoms. The lowest BCUT2D eigenvalue weighted by atomic mass is 10.1. The molecule has 7 rings (SSSR count). The quantitative estimate of drug-likeness (QED) is 0.0726. The van der Waals surface area contributed by atoms with E-state index in [-0.39, 0.29) is 33.4 Å². The molecule has 1 fully saturated rings. The summed E-state index contributed by atoms with van der Waals surface area (Å²) >= 11 is 0. The Morgan fingerprint density at radius 1 is 0.745 bits per heavy atom. The van der Waals surface area contributed by atoms with E-state index in [0.29, 0.717) is 4.90 Å². The van der Waals surface area contributed by atoms with Crippen LogP contribution in [0.2, 0.25) is 0 Å². The highest BCUT2D eigenvalue weighted by atomic mass is 16.6. The number of imidazole rings is 1. The molecule has 0 radical (unpaired) electrons. The van der Waals surface area contributed by atoms with E-state index in [1.54, 1.807) is 97.1 Å². The van der Waals surface area contributed by atoms with E-state index in [1.807, 2.05) is 0 Å². The van der Waals surface area contributed by atoms with Gasteiger partial charge in [0, 0.05) is 18.2 Å². The molecule has 276 valence electrons. The standard InChI is InChI=1S/C39H30N6O10/c1-52-31-30(55-38(49)27-20-12-5-13-21-27)28(22-53-37(48)26-18-10-4-11-19-26)54-36(31)43-23-40-29-32(43)41-39(45(50)51)42-33(29)44(34(46)24-14-6-2-7-15-24)35(47)25-16-8-3-9-17-25/h2-21,23,28,30-31,36H,22H2,1H3/t28-,30-,31-,36-/m1/s1. The number of nitrogens with zero attached hydrogens (tertiary/aromatic N) is 6. The lowest BCUT2D eigenvalue weighted by Gasteiger charge is -2.23. The summed E-state index contributed by atoms with van der Waals surface area (Å²) in [5.74, 6) is -4.48. The second-order valence-electron chi connectivity index (χ2n) is 12.1. The third-order valence-electron chi connectivity index (χ3n) is 8.69. The molecule has 1 saturated heterocycles. The molecule has 3 heterocycles. The van der Waals surface area contributed by atoms with Gasteiger partial charge in [-0.15, -0.1) is 0 Å². The van der Waals surface area contributed by atoms with Gasteiger partial charge in [-0.05, 0) is 63.4 Å². The fourth-order valence-electron chi connectivity index (χ4n) is 6.06. The van der Waals surface area contributed by atoms with Crippen LogP contribution in [0.15, 0.2) is 128 Å². The van der Waals surface area contributed by atoms with Crippen molar-refractivity contribution in [2.75, 3.05) is 18.6 Å². The van der Waals surface area contributed by atoms with Crippen LogP contribution in [0, 0.1) is 10.1 Å². The first-order valence-electron chi connectivity index (χ1n) is 16.8. The second-order valence-corrected chi connectivity index (χ2v) is 12.1. The topological polar surface area (TPSA) is 195 Å². The molecular weight excluding hydrogens is 712 g/mol. The van der Waals surface area contributed by atoms with E-state index in [2.05, 4.69) is 15.0 Å². The molecule has 4 aromatic carbocycles. The summed E-state index contributed by atoms with van der Waals surface area (Å²) in [5, 5.41) is 12.3. The zero-order chi connectivity index (χ0) is 38.5. The number of anilines is 1. The van der Waals surface area contributed by atoms with Gasteiger partial charge in [-0.2, -0.15) is 0 Å². The van der Waals surface area contributed by atoms with Crippen molar-refractivity contribution in [1.29, 1.82) is 0 Å². The number of ether oxygens (including phenoxy) is 4. The number of hydrogen-bond donors (Lipinski definition) is 0. The first kappa shape index (κ1) is 36.2. The van der Waals surface area contributed by atoms with Crippen molar-refractivity contribution >= 4 is 46.7 Å². The average Bonchev–Trinajstić information content (AvgIpc) is 3.81. The molecule has 0 aliphatic carbocycles. The number of carbonyl (C=O) groups is 4. The van der Waals surface area contributed by atoms with Gasteiger partial charge in [0.15, 0.2) is 17.8 Å². The summed E-state index contributed by atoms with van der Waals surface area (Å²) in [6.45, 7) is -0.394. The predicted molar refractivity (Wildman–Crippen MR) is 193 cm³/mol. The van der Waals surface area contributed by atoms with E-state index >= 15 is 0 Å². The van der Waals surface area contributed by atoms with Crippen molar-refractivity contribution in [2.45, 2.75) is 24.5 Å². The number of amides is 2. The minimum Gasteiger partial charge on any atom is -0.459 e. The molecule has 0 N–H and O–H groups in total. The third kappa shape index (κ3) is 7.39. The minimum absolute atomic E-state index is 0.0927. The summed E-state index contributed by atoms with van der Waals surface area (Å²) in [7, 11) is 1.34. The van der Waals surface area contributed by atoms with Crippen molar-refractivity contribution in [1.82, 2.24) is 19.5 Å². The first-order chi connectivity index (χ1) is 26.7. The number of carbonyl (C=O) groups excluding carboxylic acids is 4. The van der Waals surface area contributed by atoms with Gasteiger partial charge in [0.2, 0.25) is 5.65 Å². The lowest BCUT2D eigenvalue weighted by molar-refractivity contribution is -0.394. The molecular formula is C39H30N6O10. The summed E-state index contributed by atoms with van der Waals surface area (Å²) in [5.41, 5.74) is 0.299. The molecule has 4 atom stereocenters. The minimum atomic E-state index is -1.26. The van der Waals surface area contributed by atoms with Gasteiger partial charge in [-0.25, -0.2) is 19.5 Å². The van der Waals surface area contributed by atoms with E-state index < -0.39 is 71.6 Å². The number of imide groups is 1. The normalized spacial score (nSPS) is 17.7. The van der Waals surface area contributed by atoms with Gasteiger partial charge in [-0.3, -0.25) is 14.2 Å². The number of nitro groups is 1. The SMILES string of the molecule is CO[C@@H]1[C@H](OC(=O)c2ccccc2)[C@@H](COC(=O)c2ccccc2)O[C@H]1n1cnc2c(N(C(=O)c3ccccc3)C(=O)c3ccccc3)nc([N+](=O)[O-])nc21. The van der Waals surface area contributed by atoms with Crippen LogP contribution in [0.3, 0.4) is 0 Å². The zero-order valence-corrected chi connectivity index (χ0v) is 28.9. The number of esters is 2. The maximum Gasteiger partial charge on any atom is 0.473 e. The highest BCUT2D eigenvalue weighted by molar-refractivity contribution is 6.27. The Labute approximate surface area is 312 Å². The Balaban J connectivity index is 1.31. The van der Waals surface area contributed by atoms with Crippen LogP contribution >= 0.6 is 0 Å². The van der Waals surface area contributed by atoms with E-state index in [4.69, 9.17) is 18.9 Å². The molecule has 55 heavy (non-hydrogen) atoms. The number of rotatable bonds is 11. The second kappa shape index (κ2) is 15.8. The Morgan fingerprint density at radius 2 is 1.25 bits per heavy atom. The Morgan fingerprint density at radius 3 is 1.76 bits per heavy atom. The van der Waals surface area contributed by atoms with Crippen LogP contribution in [0.5, 0.6) is 0 Å². The van der Waals surface area contributed by atoms with Crippen molar-refractivity contribution in [2.24, 2.45) is 0 Å². The molecule has 0 spiro atoms. The zero-order valence-electron chi connectivity index (χ0n) is 28.9. The fourth-order valence-corrected chi connectivity index (χ4v) is 6.06. The molecule has 1 aliphatic rings. The molecule has 2 aromatic heterocycles. The molecule has 16 nitrogen and oxygen atoms in total. The molecule has 2 amide bonds. The Kier molecular flexibility index (Phi) is 10.4. The van der Waals surface area contributed by atoms with E-state index in [1.165, 1.54) is 42.3 Å². The molecule has 0 bridgehead atoms. The highest BCUT2D eigenvalue weighted by Gasteiger charge is 2.50. The largest absolute Gasteiger partial charge is 0.473 e. The van der Waals surface area contributed by atoms with Gasteiger partial charge in [0.25, 0.3) is 17.6 Å². The van der Waals surface area contributed by atoms with Gasteiger partial charge in [-0.1, -0.05) is 72.8 Å². The summed E-state index contributed by atoms with van der Waals surface area (Å²) in [6.07, 6.45) is -3.49. The lowest BCUT2D eigenvalue weighted by Crippen LogP contribution is -2.39. The molecule has 0 unspecified atom stereocenters. The Hall–Kier alpha value is -7.17. The molecule has 0 saturated carbocycles. The highest BCUT2D eigenvalue weighted by Crippen LogP contribution is 2.38. The summed E-state index contributed by atoms with van der Waals surface area (Å²) in [6, 6.07) is 32.1. The first-order valence-corrected chi connectivity index (χ1v) is 16.8. The van der Waals surface area contributed by atoms with E-state index in [0.717, 1.165) is 0 Å². The van der Waals surface area contributed by atoms with Crippen LogP contribution < -0.4 is 4.90 Å². The van der Waals surface area contributed by atoms with Crippen molar-refractivity contribution < 1.29 is 43.0 Å². The third-order valence-corrected chi connectivity index (χ3v) is 8.69. The summed E-state index contributed by atoms with van der Waals surface area (Å²) in [4.78, 5) is 79.2. The monoisotopic (exact) mass is 742 g/mol. The number of benzene rings is 4.